The lowest BCUT2D eigenvalue weighted by Crippen LogP contribution is -2.34. The molecule has 0 aliphatic carbocycles. The Balaban J connectivity index is 1.46. The monoisotopic (exact) mass is 323 g/mol. The fraction of sp³-hybridized carbons (Fsp3) is 0.412. The molecule has 0 atom stereocenters. The molecule has 0 fully saturated rings. The second-order valence-electron chi connectivity index (χ2n) is 6.45. The lowest BCUT2D eigenvalue weighted by atomic mass is 10.2. The van der Waals surface area contributed by atoms with Crippen molar-refractivity contribution in [3.8, 4) is 5.69 Å². The van der Waals surface area contributed by atoms with Crippen molar-refractivity contribution in [3.63, 3.8) is 0 Å². The molecule has 3 heterocycles. The highest BCUT2D eigenvalue weighted by Crippen LogP contribution is 2.19. The first-order valence-corrected chi connectivity index (χ1v) is 8.31. The SMILES string of the molecule is CC(C)c1nnc2n1CCN(Cc1cnn(-c3ccccc3)n1)C2. The van der Waals surface area contributed by atoms with Crippen molar-refractivity contribution in [2.24, 2.45) is 0 Å². The van der Waals surface area contributed by atoms with E-state index in [0.717, 1.165) is 49.2 Å². The van der Waals surface area contributed by atoms with Gasteiger partial charge in [0, 0.05) is 25.6 Å². The van der Waals surface area contributed by atoms with Gasteiger partial charge in [-0.05, 0) is 12.1 Å². The van der Waals surface area contributed by atoms with Crippen LogP contribution in [0, 0.1) is 0 Å². The minimum Gasteiger partial charge on any atom is -0.312 e. The van der Waals surface area contributed by atoms with E-state index in [2.05, 4.69) is 43.7 Å². The van der Waals surface area contributed by atoms with E-state index in [4.69, 9.17) is 0 Å². The first-order valence-electron chi connectivity index (χ1n) is 8.31. The van der Waals surface area contributed by atoms with Crippen molar-refractivity contribution in [2.45, 2.75) is 39.4 Å². The third-order valence-corrected chi connectivity index (χ3v) is 4.29. The Morgan fingerprint density at radius 3 is 2.71 bits per heavy atom. The first kappa shape index (κ1) is 15.0. The summed E-state index contributed by atoms with van der Waals surface area (Å²) in [5, 5.41) is 17.6. The molecule has 0 N–H and O–H groups in total. The van der Waals surface area contributed by atoms with E-state index in [0.29, 0.717) is 5.92 Å². The molecule has 0 unspecified atom stereocenters. The average molecular weight is 323 g/mol. The minimum absolute atomic E-state index is 0.406. The molecule has 7 heteroatoms. The highest BCUT2D eigenvalue weighted by molar-refractivity contribution is 5.28. The maximum atomic E-state index is 4.59. The normalized spacial score (nSPS) is 15.0. The molecule has 124 valence electrons. The van der Waals surface area contributed by atoms with E-state index >= 15 is 0 Å². The van der Waals surface area contributed by atoms with Crippen LogP contribution < -0.4 is 0 Å². The number of para-hydroxylation sites is 1. The van der Waals surface area contributed by atoms with Crippen molar-refractivity contribution in [2.75, 3.05) is 6.54 Å². The van der Waals surface area contributed by atoms with E-state index in [-0.39, 0.29) is 0 Å². The summed E-state index contributed by atoms with van der Waals surface area (Å²) in [6.07, 6.45) is 1.84. The van der Waals surface area contributed by atoms with Crippen LogP contribution in [0.3, 0.4) is 0 Å². The lowest BCUT2D eigenvalue weighted by molar-refractivity contribution is 0.204. The molecule has 7 nitrogen and oxygen atoms in total. The minimum atomic E-state index is 0.406. The second-order valence-corrected chi connectivity index (χ2v) is 6.45. The molecule has 0 bridgehead atoms. The van der Waals surface area contributed by atoms with E-state index in [1.165, 1.54) is 0 Å². The molecule has 0 saturated carbocycles. The Morgan fingerprint density at radius 1 is 1.08 bits per heavy atom. The number of rotatable bonds is 4. The van der Waals surface area contributed by atoms with Crippen LogP contribution in [-0.4, -0.2) is 41.2 Å². The number of benzene rings is 1. The van der Waals surface area contributed by atoms with Crippen LogP contribution in [0.25, 0.3) is 5.69 Å². The average Bonchev–Trinajstić information content (AvgIpc) is 3.22. The Morgan fingerprint density at radius 2 is 1.92 bits per heavy atom. The van der Waals surface area contributed by atoms with Gasteiger partial charge in [-0.25, -0.2) is 0 Å². The van der Waals surface area contributed by atoms with Crippen LogP contribution in [-0.2, 0) is 19.6 Å². The quantitative estimate of drug-likeness (QED) is 0.735. The zero-order chi connectivity index (χ0) is 16.5. The predicted octanol–water partition coefficient (Wildman–Crippen LogP) is 2.00. The third kappa shape index (κ3) is 2.82. The summed E-state index contributed by atoms with van der Waals surface area (Å²) in [5.41, 5.74) is 1.94. The maximum absolute atomic E-state index is 4.59. The highest BCUT2D eigenvalue weighted by atomic mass is 15.5. The smallest absolute Gasteiger partial charge is 0.147 e. The summed E-state index contributed by atoms with van der Waals surface area (Å²) < 4.78 is 2.25. The van der Waals surface area contributed by atoms with E-state index < -0.39 is 0 Å². The summed E-state index contributed by atoms with van der Waals surface area (Å²) in [6.45, 7) is 7.80. The van der Waals surface area contributed by atoms with Gasteiger partial charge in [-0.3, -0.25) is 4.90 Å². The van der Waals surface area contributed by atoms with Gasteiger partial charge in [0.15, 0.2) is 0 Å². The van der Waals surface area contributed by atoms with Gasteiger partial charge in [-0.1, -0.05) is 32.0 Å². The van der Waals surface area contributed by atoms with Crippen molar-refractivity contribution >= 4 is 0 Å². The van der Waals surface area contributed by atoms with Crippen molar-refractivity contribution in [1.82, 2.24) is 34.7 Å². The molecular weight excluding hydrogens is 302 g/mol. The van der Waals surface area contributed by atoms with Crippen LogP contribution in [0.2, 0.25) is 0 Å². The highest BCUT2D eigenvalue weighted by Gasteiger charge is 2.22. The number of hydrogen-bond donors (Lipinski definition) is 0. The van der Waals surface area contributed by atoms with Crippen molar-refractivity contribution < 1.29 is 0 Å². The summed E-state index contributed by atoms with van der Waals surface area (Å²) >= 11 is 0. The van der Waals surface area contributed by atoms with Gasteiger partial charge >= 0.3 is 0 Å². The van der Waals surface area contributed by atoms with Crippen LogP contribution in [0.4, 0.5) is 0 Å². The van der Waals surface area contributed by atoms with Gasteiger partial charge in [-0.2, -0.15) is 15.0 Å². The molecule has 1 aliphatic heterocycles. The van der Waals surface area contributed by atoms with Crippen LogP contribution in [0.5, 0.6) is 0 Å². The summed E-state index contributed by atoms with van der Waals surface area (Å²) in [4.78, 5) is 4.02. The van der Waals surface area contributed by atoms with Crippen LogP contribution in [0.1, 0.15) is 37.1 Å². The van der Waals surface area contributed by atoms with Gasteiger partial charge in [0.1, 0.15) is 11.6 Å². The molecule has 24 heavy (non-hydrogen) atoms. The molecule has 0 amide bonds. The molecule has 0 radical (unpaired) electrons. The Hall–Kier alpha value is -2.54. The predicted molar refractivity (Wildman–Crippen MR) is 89.6 cm³/mol. The zero-order valence-corrected chi connectivity index (χ0v) is 14.0. The Labute approximate surface area is 140 Å². The molecule has 0 saturated heterocycles. The van der Waals surface area contributed by atoms with Gasteiger partial charge in [-0.15, -0.1) is 10.2 Å². The van der Waals surface area contributed by atoms with E-state index in [9.17, 15) is 0 Å². The lowest BCUT2D eigenvalue weighted by Gasteiger charge is -2.27. The zero-order valence-electron chi connectivity index (χ0n) is 14.0. The van der Waals surface area contributed by atoms with Crippen molar-refractivity contribution in [1.29, 1.82) is 0 Å². The number of nitrogens with zero attached hydrogens (tertiary/aromatic N) is 7. The van der Waals surface area contributed by atoms with Gasteiger partial charge in [0.2, 0.25) is 0 Å². The summed E-state index contributed by atoms with van der Waals surface area (Å²) in [5.74, 6) is 2.53. The molecule has 4 rings (SSSR count). The maximum Gasteiger partial charge on any atom is 0.147 e. The Kier molecular flexibility index (Phi) is 3.86. The second kappa shape index (κ2) is 6.16. The van der Waals surface area contributed by atoms with E-state index in [1.54, 1.807) is 4.80 Å². The largest absolute Gasteiger partial charge is 0.312 e. The number of aromatic nitrogens is 6. The van der Waals surface area contributed by atoms with Crippen LogP contribution in [0.15, 0.2) is 36.5 Å². The fourth-order valence-corrected chi connectivity index (χ4v) is 3.07. The molecule has 3 aromatic rings. The molecular formula is C17H21N7. The number of fused-ring (bicyclic) bond motifs is 1. The molecule has 1 aliphatic rings. The number of hydrogen-bond acceptors (Lipinski definition) is 5. The van der Waals surface area contributed by atoms with Gasteiger partial charge < -0.3 is 4.57 Å². The molecule has 0 spiro atoms. The molecule has 2 aromatic heterocycles. The van der Waals surface area contributed by atoms with Crippen molar-refractivity contribution in [3.05, 3.63) is 53.9 Å². The van der Waals surface area contributed by atoms with E-state index in [1.807, 2.05) is 36.5 Å². The Bertz CT molecular complexity index is 819. The third-order valence-electron chi connectivity index (χ3n) is 4.29. The standard InChI is InChI=1S/C17H21N7/c1-13(2)17-20-19-16-12-22(8-9-23(16)17)11-14-10-18-24(21-14)15-6-4-3-5-7-15/h3-7,10,13H,8-9,11-12H2,1-2H3. The van der Waals surface area contributed by atoms with Crippen LogP contribution >= 0.6 is 0 Å². The van der Waals surface area contributed by atoms with Gasteiger partial charge in [0.25, 0.3) is 0 Å². The molecule has 1 aromatic carbocycles. The first-order chi connectivity index (χ1) is 11.7. The summed E-state index contributed by atoms with van der Waals surface area (Å²) in [6, 6.07) is 9.97. The van der Waals surface area contributed by atoms with Gasteiger partial charge in [0.05, 0.1) is 24.1 Å². The topological polar surface area (TPSA) is 64.7 Å². The fourth-order valence-electron chi connectivity index (χ4n) is 3.07. The summed E-state index contributed by atoms with van der Waals surface area (Å²) in [7, 11) is 0.